The number of piperidine rings is 1. The van der Waals surface area contributed by atoms with Crippen molar-refractivity contribution in [3.05, 3.63) is 24.0 Å². The van der Waals surface area contributed by atoms with E-state index in [1.54, 1.807) is 6.07 Å². The van der Waals surface area contributed by atoms with Gasteiger partial charge in [0.1, 0.15) is 11.3 Å². The molecule has 1 amide bonds. The van der Waals surface area contributed by atoms with Crippen molar-refractivity contribution >= 4 is 17.1 Å². The van der Waals surface area contributed by atoms with Gasteiger partial charge in [0, 0.05) is 19.0 Å². The Morgan fingerprint density at radius 3 is 2.67 bits per heavy atom. The predicted octanol–water partition coefficient (Wildman–Crippen LogP) is 2.64. The Morgan fingerprint density at radius 1 is 1.30 bits per heavy atom. The minimum atomic E-state index is -0.806. The number of fused-ring (bicyclic) bond motifs is 1. The third-order valence-electron chi connectivity index (χ3n) is 5.25. The van der Waals surface area contributed by atoms with Crippen molar-refractivity contribution in [1.29, 1.82) is 0 Å². The van der Waals surface area contributed by atoms with Gasteiger partial charge in [0.2, 0.25) is 0 Å². The molecule has 0 spiro atoms. The quantitative estimate of drug-likeness (QED) is 0.807. The second kappa shape index (κ2) is 8.71. The first-order valence-electron chi connectivity index (χ1n) is 9.83. The summed E-state index contributed by atoms with van der Waals surface area (Å²) in [5, 5.41) is 0. The van der Waals surface area contributed by atoms with Crippen molar-refractivity contribution in [2.45, 2.75) is 38.6 Å². The van der Waals surface area contributed by atoms with E-state index >= 15 is 0 Å². The third kappa shape index (κ3) is 4.59. The summed E-state index contributed by atoms with van der Waals surface area (Å²) in [7, 11) is 4.15. The molecule has 1 aromatic heterocycles. The summed E-state index contributed by atoms with van der Waals surface area (Å²) in [6.07, 6.45) is 2.61. The maximum Gasteiger partial charge on any atom is 0.410 e. The Kier molecular flexibility index (Phi) is 6.34. The molecule has 7 nitrogen and oxygen atoms in total. The Morgan fingerprint density at radius 2 is 2.04 bits per heavy atom. The number of carbonyl (C=O) groups excluding carboxylic acids is 1. The highest BCUT2D eigenvalue weighted by Crippen LogP contribution is 2.33. The molecule has 1 fully saturated rings. The first kappa shape index (κ1) is 19.6. The molecular weight excluding hydrogens is 342 g/mol. The number of primary amides is 1. The molecule has 0 aliphatic carbocycles. The van der Waals surface area contributed by atoms with E-state index in [-0.39, 0.29) is 0 Å². The number of likely N-dealkylation sites (tertiary alicyclic amines) is 1. The topological polar surface area (TPSA) is 76.6 Å². The van der Waals surface area contributed by atoms with E-state index in [0.29, 0.717) is 11.7 Å². The molecule has 0 saturated carbocycles. The maximum atomic E-state index is 11.3. The van der Waals surface area contributed by atoms with Gasteiger partial charge in [-0.05, 0) is 65.1 Å². The second-order valence-corrected chi connectivity index (χ2v) is 7.59. The Labute approximate surface area is 161 Å². The van der Waals surface area contributed by atoms with Crippen molar-refractivity contribution in [3.63, 3.8) is 0 Å². The van der Waals surface area contributed by atoms with E-state index in [4.69, 9.17) is 15.5 Å². The number of hydrogen-bond acceptors (Lipinski definition) is 5. The Bertz CT molecular complexity index is 778. The number of para-hydroxylation sites is 1. The minimum absolute atomic E-state index is 0.425. The monoisotopic (exact) mass is 373 g/mol. The number of benzene rings is 1. The van der Waals surface area contributed by atoms with Gasteiger partial charge in [0.25, 0.3) is 0 Å². The van der Waals surface area contributed by atoms with Gasteiger partial charge >= 0.3 is 6.09 Å². The zero-order valence-corrected chi connectivity index (χ0v) is 16.6. The standard InChI is InChI=1S/C20H31N5O2/c1-4-10-24-11-8-15(9-12-24)19-22-18-16(25(19)14-13-23(2)3)6-5-7-17(18)27-20(21)26/h5-7,15H,4,8-14H2,1-3H3,(H2,21,26). The lowest BCUT2D eigenvalue weighted by Gasteiger charge is -2.31. The molecule has 27 heavy (non-hydrogen) atoms. The molecule has 1 saturated heterocycles. The van der Waals surface area contributed by atoms with Crippen LogP contribution in [0.3, 0.4) is 0 Å². The molecule has 2 N–H and O–H groups in total. The number of rotatable bonds is 7. The number of imidazole rings is 1. The van der Waals surface area contributed by atoms with Gasteiger partial charge in [-0.2, -0.15) is 0 Å². The fourth-order valence-corrected chi connectivity index (χ4v) is 3.91. The van der Waals surface area contributed by atoms with Crippen molar-refractivity contribution in [2.24, 2.45) is 5.73 Å². The molecule has 1 aromatic carbocycles. The number of hydrogen-bond donors (Lipinski definition) is 1. The van der Waals surface area contributed by atoms with Crippen LogP contribution in [0.25, 0.3) is 11.0 Å². The summed E-state index contributed by atoms with van der Waals surface area (Å²) in [5.74, 6) is 1.96. The van der Waals surface area contributed by atoms with Crippen LogP contribution in [0.2, 0.25) is 0 Å². The van der Waals surface area contributed by atoms with Crippen molar-refractivity contribution in [1.82, 2.24) is 19.4 Å². The summed E-state index contributed by atoms with van der Waals surface area (Å²) in [4.78, 5) is 20.9. The molecule has 0 unspecified atom stereocenters. The van der Waals surface area contributed by atoms with Gasteiger partial charge in [0.15, 0.2) is 5.75 Å². The largest absolute Gasteiger partial charge is 0.410 e. The van der Waals surface area contributed by atoms with E-state index in [2.05, 4.69) is 35.4 Å². The van der Waals surface area contributed by atoms with Gasteiger partial charge in [0.05, 0.1) is 5.52 Å². The summed E-state index contributed by atoms with van der Waals surface area (Å²) >= 11 is 0. The number of aromatic nitrogens is 2. The lowest BCUT2D eigenvalue weighted by molar-refractivity contribution is 0.207. The zero-order valence-electron chi connectivity index (χ0n) is 16.6. The van der Waals surface area contributed by atoms with Crippen LogP contribution >= 0.6 is 0 Å². The highest BCUT2D eigenvalue weighted by atomic mass is 16.5. The average molecular weight is 374 g/mol. The van der Waals surface area contributed by atoms with E-state index in [0.717, 1.165) is 55.9 Å². The average Bonchev–Trinajstić information content (AvgIpc) is 3.00. The number of nitrogens with zero attached hydrogens (tertiary/aromatic N) is 4. The molecular formula is C20H31N5O2. The second-order valence-electron chi connectivity index (χ2n) is 7.59. The molecule has 148 valence electrons. The van der Waals surface area contributed by atoms with Crippen LogP contribution in [0.5, 0.6) is 5.75 Å². The number of carbonyl (C=O) groups is 1. The molecule has 2 aromatic rings. The van der Waals surface area contributed by atoms with E-state index in [1.165, 1.54) is 13.0 Å². The maximum absolute atomic E-state index is 11.3. The van der Waals surface area contributed by atoms with E-state index < -0.39 is 6.09 Å². The van der Waals surface area contributed by atoms with Crippen LogP contribution in [-0.2, 0) is 6.54 Å². The first-order valence-corrected chi connectivity index (χ1v) is 9.83. The number of ether oxygens (including phenoxy) is 1. The number of likely N-dealkylation sites (N-methyl/N-ethyl adjacent to an activating group) is 1. The van der Waals surface area contributed by atoms with E-state index in [1.807, 2.05) is 12.1 Å². The summed E-state index contributed by atoms with van der Waals surface area (Å²) < 4.78 is 7.50. The van der Waals surface area contributed by atoms with Gasteiger partial charge in [-0.1, -0.05) is 13.0 Å². The normalized spacial score (nSPS) is 16.3. The van der Waals surface area contributed by atoms with Crippen LogP contribution in [0.15, 0.2) is 18.2 Å². The fourth-order valence-electron chi connectivity index (χ4n) is 3.91. The van der Waals surface area contributed by atoms with Gasteiger partial charge < -0.3 is 24.8 Å². The zero-order chi connectivity index (χ0) is 19.4. The molecule has 2 heterocycles. The van der Waals surface area contributed by atoms with E-state index in [9.17, 15) is 4.79 Å². The van der Waals surface area contributed by atoms with Gasteiger partial charge in [-0.15, -0.1) is 0 Å². The molecule has 1 aliphatic heterocycles. The lowest BCUT2D eigenvalue weighted by Crippen LogP contribution is -2.34. The summed E-state index contributed by atoms with van der Waals surface area (Å²) in [5.41, 5.74) is 6.96. The van der Waals surface area contributed by atoms with Crippen LogP contribution in [-0.4, -0.2) is 65.7 Å². The Hall–Kier alpha value is -2.12. The lowest BCUT2D eigenvalue weighted by atomic mass is 9.95. The van der Waals surface area contributed by atoms with Crippen LogP contribution in [0.1, 0.15) is 37.9 Å². The number of nitrogens with two attached hydrogens (primary N) is 1. The highest BCUT2D eigenvalue weighted by Gasteiger charge is 2.26. The summed E-state index contributed by atoms with van der Waals surface area (Å²) in [6.45, 7) is 7.40. The minimum Gasteiger partial charge on any atom is -0.408 e. The predicted molar refractivity (Wildman–Crippen MR) is 107 cm³/mol. The molecule has 7 heteroatoms. The van der Waals surface area contributed by atoms with Gasteiger partial charge in [-0.3, -0.25) is 0 Å². The number of amides is 1. The summed E-state index contributed by atoms with van der Waals surface area (Å²) in [6, 6.07) is 5.69. The SMILES string of the molecule is CCCN1CCC(c2nc3c(OC(N)=O)cccc3n2CCN(C)C)CC1. The van der Waals surface area contributed by atoms with Crippen molar-refractivity contribution in [2.75, 3.05) is 40.3 Å². The van der Waals surface area contributed by atoms with Crippen LogP contribution in [0, 0.1) is 0 Å². The van der Waals surface area contributed by atoms with Gasteiger partial charge in [-0.25, -0.2) is 9.78 Å². The highest BCUT2D eigenvalue weighted by molar-refractivity contribution is 5.85. The molecule has 3 rings (SSSR count). The Balaban J connectivity index is 1.94. The van der Waals surface area contributed by atoms with Crippen molar-refractivity contribution < 1.29 is 9.53 Å². The van der Waals surface area contributed by atoms with Crippen molar-refractivity contribution in [3.8, 4) is 5.75 Å². The van der Waals surface area contributed by atoms with Crippen LogP contribution in [0.4, 0.5) is 4.79 Å². The van der Waals surface area contributed by atoms with Crippen LogP contribution < -0.4 is 10.5 Å². The molecule has 0 atom stereocenters. The smallest absolute Gasteiger partial charge is 0.408 e. The third-order valence-corrected chi connectivity index (χ3v) is 5.25. The first-order chi connectivity index (χ1) is 13.0. The molecule has 0 radical (unpaired) electrons. The molecule has 1 aliphatic rings. The molecule has 0 bridgehead atoms. The fraction of sp³-hybridized carbons (Fsp3) is 0.600.